The third-order valence-corrected chi connectivity index (χ3v) is 11.9. The van der Waals surface area contributed by atoms with Crippen molar-refractivity contribution in [2.45, 2.75) is 20.0 Å². The highest BCUT2D eigenvalue weighted by Crippen LogP contribution is 2.41. The molecule has 1 aliphatic heterocycles. The molecule has 0 N–H and O–H groups in total. The molecule has 6 aromatic carbocycles. The molecule has 39 heavy (non-hydrogen) atoms. The highest BCUT2D eigenvalue weighted by atomic mass is 28.3. The average Bonchev–Trinajstić information content (AvgIpc) is 3.21. The van der Waals surface area contributed by atoms with E-state index < -0.39 is 8.07 Å². The maximum atomic E-state index is 2.50. The van der Waals surface area contributed by atoms with Gasteiger partial charge in [0, 0.05) is 17.1 Å². The van der Waals surface area contributed by atoms with E-state index in [2.05, 4.69) is 158 Å². The van der Waals surface area contributed by atoms with Crippen LogP contribution in [0.25, 0.3) is 33.0 Å². The molecule has 0 bridgehead atoms. The van der Waals surface area contributed by atoms with E-state index in [0.717, 1.165) is 0 Å². The van der Waals surface area contributed by atoms with Crippen LogP contribution in [0, 0.1) is 6.92 Å². The smallest absolute Gasteiger partial charge is 0.116 e. The van der Waals surface area contributed by atoms with Crippen LogP contribution in [-0.2, 0) is 0 Å². The molecule has 0 atom stereocenters. The summed E-state index contributed by atoms with van der Waals surface area (Å²) >= 11 is 0. The van der Waals surface area contributed by atoms with Gasteiger partial charge in [-0.3, -0.25) is 0 Å². The number of aryl methyl sites for hydroxylation is 1. The number of anilines is 3. The summed E-state index contributed by atoms with van der Waals surface area (Å²) in [6, 6.07) is 49.2. The Morgan fingerprint density at radius 1 is 0.538 bits per heavy atom. The lowest BCUT2D eigenvalue weighted by Crippen LogP contribution is -2.50. The minimum Gasteiger partial charge on any atom is -0.311 e. The second-order valence-electron chi connectivity index (χ2n) is 11.1. The average molecular weight is 518 g/mol. The van der Waals surface area contributed by atoms with Crippen molar-refractivity contribution in [3.63, 3.8) is 0 Å². The van der Waals surface area contributed by atoms with E-state index in [1.165, 1.54) is 66.0 Å². The number of hydrogen-bond acceptors (Lipinski definition) is 1. The molecule has 0 fully saturated rings. The van der Waals surface area contributed by atoms with Crippen molar-refractivity contribution < 1.29 is 0 Å². The van der Waals surface area contributed by atoms with Crippen LogP contribution < -0.4 is 15.3 Å². The van der Waals surface area contributed by atoms with Gasteiger partial charge < -0.3 is 4.90 Å². The van der Waals surface area contributed by atoms with Gasteiger partial charge in [0.2, 0.25) is 0 Å². The van der Waals surface area contributed by atoms with Crippen LogP contribution in [0.3, 0.4) is 0 Å². The van der Waals surface area contributed by atoms with E-state index in [-0.39, 0.29) is 0 Å². The maximum Gasteiger partial charge on any atom is 0.116 e. The Morgan fingerprint density at radius 3 is 2.08 bits per heavy atom. The van der Waals surface area contributed by atoms with Gasteiger partial charge in [0.15, 0.2) is 0 Å². The normalized spacial score (nSPS) is 13.2. The van der Waals surface area contributed by atoms with E-state index in [4.69, 9.17) is 0 Å². The van der Waals surface area contributed by atoms with Crippen LogP contribution in [0.4, 0.5) is 17.1 Å². The van der Waals surface area contributed by atoms with E-state index >= 15 is 0 Å². The monoisotopic (exact) mass is 517 g/mol. The first kappa shape index (κ1) is 23.7. The lowest BCUT2D eigenvalue weighted by molar-refractivity contribution is 1.28. The molecule has 1 heterocycles. The van der Waals surface area contributed by atoms with Crippen molar-refractivity contribution >= 4 is 46.3 Å². The standard InChI is InChI=1S/C37H31NSi/c1-26-21-23-29(24-22-26)38(35-19-10-18-34-33-16-6-7-20-36(33)39(2,3)37(34)35)30-14-8-13-28(25-30)32-17-9-12-27-11-4-5-15-31(27)32/h4-25H,1-3H3. The fourth-order valence-electron chi connectivity index (χ4n) is 6.42. The molecule has 0 aliphatic carbocycles. The van der Waals surface area contributed by atoms with E-state index in [1.54, 1.807) is 0 Å². The number of hydrogen-bond donors (Lipinski definition) is 0. The zero-order chi connectivity index (χ0) is 26.6. The Hall–Kier alpha value is -4.40. The summed E-state index contributed by atoms with van der Waals surface area (Å²) in [6.45, 7) is 7.16. The van der Waals surface area contributed by atoms with Crippen molar-refractivity contribution in [3.05, 3.63) is 139 Å². The number of fused-ring (bicyclic) bond motifs is 4. The second-order valence-corrected chi connectivity index (χ2v) is 15.4. The van der Waals surface area contributed by atoms with Gasteiger partial charge in [-0.05, 0) is 80.7 Å². The Balaban J connectivity index is 1.46. The summed E-state index contributed by atoms with van der Waals surface area (Å²) in [4.78, 5) is 2.48. The van der Waals surface area contributed by atoms with Gasteiger partial charge in [0.05, 0.1) is 0 Å². The van der Waals surface area contributed by atoms with Crippen LogP contribution in [0.2, 0.25) is 13.1 Å². The van der Waals surface area contributed by atoms with Crippen molar-refractivity contribution in [2.75, 3.05) is 4.90 Å². The molecule has 0 radical (unpaired) electrons. The first-order valence-electron chi connectivity index (χ1n) is 13.7. The van der Waals surface area contributed by atoms with Crippen LogP contribution in [0.5, 0.6) is 0 Å². The quantitative estimate of drug-likeness (QED) is 0.211. The number of rotatable bonds is 4. The lowest BCUT2D eigenvalue weighted by atomic mass is 9.97. The van der Waals surface area contributed by atoms with Crippen molar-refractivity contribution in [2.24, 2.45) is 0 Å². The molecule has 6 aromatic rings. The molecule has 0 amide bonds. The summed E-state index contributed by atoms with van der Waals surface area (Å²) in [5.74, 6) is 0. The first-order chi connectivity index (χ1) is 19.0. The molecule has 7 rings (SSSR count). The van der Waals surface area contributed by atoms with Gasteiger partial charge in [0.1, 0.15) is 8.07 Å². The highest BCUT2D eigenvalue weighted by Gasteiger charge is 2.40. The van der Waals surface area contributed by atoms with Gasteiger partial charge in [-0.1, -0.05) is 122 Å². The number of nitrogens with zero attached hydrogens (tertiary/aromatic N) is 1. The molecule has 0 aromatic heterocycles. The molecule has 0 saturated carbocycles. The molecular formula is C37H31NSi. The Labute approximate surface area is 232 Å². The predicted molar refractivity (Wildman–Crippen MR) is 171 cm³/mol. The summed E-state index contributed by atoms with van der Waals surface area (Å²) < 4.78 is 0. The van der Waals surface area contributed by atoms with Crippen molar-refractivity contribution in [1.82, 2.24) is 0 Å². The summed E-state index contributed by atoms with van der Waals surface area (Å²) in [5, 5.41) is 5.59. The fourth-order valence-corrected chi connectivity index (χ4v) is 9.82. The zero-order valence-corrected chi connectivity index (χ0v) is 23.6. The SMILES string of the molecule is Cc1ccc(N(c2cccc(-c3cccc4ccccc34)c2)c2cccc3c2[Si](C)(C)c2ccccc2-3)cc1. The number of benzene rings is 6. The summed E-state index contributed by atoms with van der Waals surface area (Å²) in [5.41, 5.74) is 10.2. The van der Waals surface area contributed by atoms with Crippen molar-refractivity contribution in [1.29, 1.82) is 0 Å². The fraction of sp³-hybridized carbons (Fsp3) is 0.0811. The van der Waals surface area contributed by atoms with E-state index in [1.807, 2.05) is 0 Å². The lowest BCUT2D eigenvalue weighted by Gasteiger charge is -2.31. The maximum absolute atomic E-state index is 2.50. The van der Waals surface area contributed by atoms with Crippen LogP contribution in [0.15, 0.2) is 133 Å². The molecule has 1 aliphatic rings. The highest BCUT2D eigenvalue weighted by molar-refractivity contribution is 7.04. The molecular weight excluding hydrogens is 487 g/mol. The van der Waals surface area contributed by atoms with Crippen LogP contribution >= 0.6 is 0 Å². The van der Waals surface area contributed by atoms with E-state index in [0.29, 0.717) is 0 Å². The molecule has 0 unspecified atom stereocenters. The van der Waals surface area contributed by atoms with Crippen molar-refractivity contribution in [3.8, 4) is 22.3 Å². The summed E-state index contributed by atoms with van der Waals surface area (Å²) in [7, 11) is -1.92. The van der Waals surface area contributed by atoms with E-state index in [9.17, 15) is 0 Å². The molecule has 0 saturated heterocycles. The summed E-state index contributed by atoms with van der Waals surface area (Å²) in [6.07, 6.45) is 0. The van der Waals surface area contributed by atoms with Gasteiger partial charge in [0.25, 0.3) is 0 Å². The molecule has 0 spiro atoms. The molecule has 1 nitrogen and oxygen atoms in total. The minimum atomic E-state index is -1.92. The first-order valence-corrected chi connectivity index (χ1v) is 16.7. The van der Waals surface area contributed by atoms with Gasteiger partial charge in [-0.2, -0.15) is 0 Å². The zero-order valence-electron chi connectivity index (χ0n) is 22.6. The Kier molecular flexibility index (Phi) is 5.54. The van der Waals surface area contributed by atoms with Gasteiger partial charge >= 0.3 is 0 Å². The predicted octanol–water partition coefficient (Wildman–Crippen LogP) is 9.09. The largest absolute Gasteiger partial charge is 0.311 e. The molecule has 2 heteroatoms. The van der Waals surface area contributed by atoms with Crippen LogP contribution in [-0.4, -0.2) is 8.07 Å². The second kappa shape index (κ2) is 9.11. The Bertz CT molecular complexity index is 1840. The Morgan fingerprint density at radius 2 is 1.21 bits per heavy atom. The third kappa shape index (κ3) is 3.83. The van der Waals surface area contributed by atoms with Gasteiger partial charge in [-0.25, -0.2) is 0 Å². The third-order valence-electron chi connectivity index (χ3n) is 8.30. The molecule has 188 valence electrons. The topological polar surface area (TPSA) is 3.24 Å². The van der Waals surface area contributed by atoms with Crippen LogP contribution in [0.1, 0.15) is 5.56 Å². The van der Waals surface area contributed by atoms with Gasteiger partial charge in [-0.15, -0.1) is 0 Å². The minimum absolute atomic E-state index is 1.18.